The van der Waals surface area contributed by atoms with Gasteiger partial charge in [-0.3, -0.25) is 4.90 Å². The second-order valence-corrected chi connectivity index (χ2v) is 5.64. The first kappa shape index (κ1) is 15.9. The van der Waals surface area contributed by atoms with Gasteiger partial charge in [-0.15, -0.1) is 0 Å². The van der Waals surface area contributed by atoms with Crippen molar-refractivity contribution in [1.82, 2.24) is 9.88 Å². The second-order valence-electron chi connectivity index (χ2n) is 5.64. The molecule has 0 bridgehead atoms. The average molecular weight is 291 g/mol. The Morgan fingerprint density at radius 3 is 2.71 bits per heavy atom. The van der Waals surface area contributed by atoms with E-state index in [1.54, 1.807) is 6.07 Å². The highest BCUT2D eigenvalue weighted by atomic mass is 16.5. The number of aromatic nitrogens is 1. The molecule has 0 aliphatic heterocycles. The van der Waals surface area contributed by atoms with E-state index in [4.69, 9.17) is 10.5 Å². The fourth-order valence-electron chi connectivity index (χ4n) is 2.96. The molecule has 0 amide bonds. The maximum Gasteiger partial charge on any atom is 0.356 e. The minimum Gasteiger partial charge on any atom is -0.464 e. The van der Waals surface area contributed by atoms with Crippen LogP contribution in [-0.2, 0) is 11.3 Å². The summed E-state index contributed by atoms with van der Waals surface area (Å²) in [5.41, 5.74) is 7.26. The Balaban J connectivity index is 2.03. The van der Waals surface area contributed by atoms with Crippen molar-refractivity contribution in [2.45, 2.75) is 51.2 Å². The lowest BCUT2D eigenvalue weighted by atomic mass is 9.90. The summed E-state index contributed by atoms with van der Waals surface area (Å²) in [6, 6.07) is 6.44. The number of carbonyl (C=O) groups is 1. The molecule has 2 rings (SSSR count). The van der Waals surface area contributed by atoms with Crippen LogP contribution in [0.15, 0.2) is 18.2 Å². The summed E-state index contributed by atoms with van der Waals surface area (Å²) >= 11 is 0. The summed E-state index contributed by atoms with van der Waals surface area (Å²) < 4.78 is 4.72. The number of hydrogen-bond acceptors (Lipinski definition) is 5. The van der Waals surface area contributed by atoms with Crippen molar-refractivity contribution in [3.63, 3.8) is 0 Å². The van der Waals surface area contributed by atoms with Gasteiger partial charge in [-0.05, 0) is 44.4 Å². The van der Waals surface area contributed by atoms with E-state index in [-0.39, 0.29) is 5.97 Å². The third-order valence-corrected chi connectivity index (χ3v) is 4.23. The van der Waals surface area contributed by atoms with E-state index in [2.05, 4.69) is 16.8 Å². The van der Waals surface area contributed by atoms with Crippen LogP contribution >= 0.6 is 0 Å². The molecule has 1 aliphatic rings. The topological polar surface area (TPSA) is 68.5 Å². The van der Waals surface area contributed by atoms with Crippen molar-refractivity contribution in [1.29, 1.82) is 0 Å². The van der Waals surface area contributed by atoms with Crippen LogP contribution in [0.3, 0.4) is 0 Å². The van der Waals surface area contributed by atoms with Crippen LogP contribution in [0.4, 0.5) is 0 Å². The van der Waals surface area contributed by atoms with Crippen LogP contribution in [0.5, 0.6) is 0 Å². The smallest absolute Gasteiger partial charge is 0.356 e. The van der Waals surface area contributed by atoms with E-state index in [0.29, 0.717) is 17.8 Å². The molecule has 0 unspecified atom stereocenters. The summed E-state index contributed by atoms with van der Waals surface area (Å²) in [5, 5.41) is 0. The number of hydrogen-bond donors (Lipinski definition) is 1. The van der Waals surface area contributed by atoms with Crippen molar-refractivity contribution in [2.24, 2.45) is 5.73 Å². The zero-order chi connectivity index (χ0) is 15.2. The minimum atomic E-state index is -0.386. The van der Waals surface area contributed by atoms with Gasteiger partial charge in [-0.2, -0.15) is 0 Å². The minimum absolute atomic E-state index is 0.362. The Bertz CT molecular complexity index is 470. The lowest BCUT2D eigenvalue weighted by Crippen LogP contribution is -2.40. The monoisotopic (exact) mass is 291 g/mol. The van der Waals surface area contributed by atoms with E-state index in [9.17, 15) is 4.79 Å². The van der Waals surface area contributed by atoms with E-state index in [0.717, 1.165) is 44.5 Å². The molecule has 21 heavy (non-hydrogen) atoms. The zero-order valence-electron chi connectivity index (χ0n) is 12.9. The molecule has 116 valence electrons. The molecule has 5 nitrogen and oxygen atoms in total. The SMILES string of the molecule is CCN(Cc1cccc(C(=O)OC)n1)C1CCC(N)CC1. The van der Waals surface area contributed by atoms with E-state index >= 15 is 0 Å². The number of carbonyl (C=O) groups excluding carboxylic acids is 1. The normalized spacial score (nSPS) is 22.3. The van der Waals surface area contributed by atoms with Gasteiger partial charge in [0.05, 0.1) is 12.8 Å². The fourth-order valence-corrected chi connectivity index (χ4v) is 2.96. The first-order chi connectivity index (χ1) is 10.1. The Hall–Kier alpha value is -1.46. The van der Waals surface area contributed by atoms with Crippen molar-refractivity contribution in [3.8, 4) is 0 Å². The second kappa shape index (κ2) is 7.52. The molecule has 0 atom stereocenters. The van der Waals surface area contributed by atoms with Gasteiger partial charge >= 0.3 is 5.97 Å². The zero-order valence-corrected chi connectivity index (χ0v) is 12.9. The predicted molar refractivity (Wildman–Crippen MR) is 81.9 cm³/mol. The van der Waals surface area contributed by atoms with E-state index in [1.807, 2.05) is 12.1 Å². The largest absolute Gasteiger partial charge is 0.464 e. The lowest BCUT2D eigenvalue weighted by Gasteiger charge is -2.35. The van der Waals surface area contributed by atoms with Crippen LogP contribution < -0.4 is 5.73 Å². The van der Waals surface area contributed by atoms with E-state index in [1.165, 1.54) is 7.11 Å². The average Bonchev–Trinajstić information content (AvgIpc) is 2.53. The van der Waals surface area contributed by atoms with Gasteiger partial charge in [-0.25, -0.2) is 9.78 Å². The Morgan fingerprint density at radius 2 is 2.10 bits per heavy atom. The molecule has 1 fully saturated rings. The molecule has 1 aliphatic carbocycles. The first-order valence-corrected chi connectivity index (χ1v) is 7.68. The van der Waals surface area contributed by atoms with Crippen molar-refractivity contribution >= 4 is 5.97 Å². The van der Waals surface area contributed by atoms with E-state index < -0.39 is 0 Å². The van der Waals surface area contributed by atoms with Gasteiger partial charge in [0, 0.05) is 18.6 Å². The highest BCUT2D eigenvalue weighted by Crippen LogP contribution is 2.23. The highest BCUT2D eigenvalue weighted by Gasteiger charge is 2.23. The molecular formula is C16H25N3O2. The summed E-state index contributed by atoms with van der Waals surface area (Å²) in [4.78, 5) is 18.4. The quantitative estimate of drug-likeness (QED) is 0.840. The third kappa shape index (κ3) is 4.25. The number of esters is 1. The molecule has 2 N–H and O–H groups in total. The number of nitrogens with zero attached hydrogens (tertiary/aromatic N) is 2. The van der Waals surface area contributed by atoms with Crippen LogP contribution in [0.25, 0.3) is 0 Å². The Labute approximate surface area is 126 Å². The van der Waals surface area contributed by atoms with Crippen molar-refractivity contribution < 1.29 is 9.53 Å². The molecule has 1 aromatic heterocycles. The molecule has 0 aromatic carbocycles. The Kier molecular flexibility index (Phi) is 5.70. The standard InChI is InChI=1S/C16H25N3O2/c1-3-19(14-9-7-12(17)8-10-14)11-13-5-4-6-15(18-13)16(20)21-2/h4-6,12,14H,3,7-11,17H2,1-2H3. The van der Waals surface area contributed by atoms with Crippen molar-refractivity contribution in [2.75, 3.05) is 13.7 Å². The molecule has 1 aromatic rings. The number of nitrogens with two attached hydrogens (primary N) is 1. The molecular weight excluding hydrogens is 266 g/mol. The number of rotatable bonds is 5. The maximum atomic E-state index is 11.5. The third-order valence-electron chi connectivity index (χ3n) is 4.23. The van der Waals surface area contributed by atoms with Gasteiger partial charge in [0.15, 0.2) is 0 Å². The summed E-state index contributed by atoms with van der Waals surface area (Å²) in [6.45, 7) is 3.91. The van der Waals surface area contributed by atoms with Crippen molar-refractivity contribution in [3.05, 3.63) is 29.6 Å². The van der Waals surface area contributed by atoms with Crippen LogP contribution in [0.2, 0.25) is 0 Å². The highest BCUT2D eigenvalue weighted by molar-refractivity contribution is 5.87. The van der Waals surface area contributed by atoms with Gasteiger partial charge in [0.2, 0.25) is 0 Å². The molecule has 1 heterocycles. The molecule has 1 saturated carbocycles. The van der Waals surface area contributed by atoms with Gasteiger partial charge in [0.25, 0.3) is 0 Å². The molecule has 5 heteroatoms. The number of methoxy groups -OCH3 is 1. The van der Waals surface area contributed by atoms with Crippen LogP contribution in [-0.4, -0.2) is 41.6 Å². The Morgan fingerprint density at radius 1 is 1.38 bits per heavy atom. The summed E-state index contributed by atoms with van der Waals surface area (Å²) in [6.07, 6.45) is 4.48. The predicted octanol–water partition coefficient (Wildman–Crippen LogP) is 1.96. The van der Waals surface area contributed by atoms with Gasteiger partial charge < -0.3 is 10.5 Å². The first-order valence-electron chi connectivity index (χ1n) is 7.68. The number of pyridine rings is 1. The van der Waals surface area contributed by atoms with Crippen LogP contribution in [0.1, 0.15) is 48.8 Å². The molecule has 0 saturated heterocycles. The lowest BCUT2D eigenvalue weighted by molar-refractivity contribution is 0.0593. The number of ether oxygens (including phenoxy) is 1. The molecule has 0 spiro atoms. The maximum absolute atomic E-state index is 11.5. The fraction of sp³-hybridized carbons (Fsp3) is 0.625. The van der Waals surface area contributed by atoms with Crippen LogP contribution in [0, 0.1) is 0 Å². The van der Waals surface area contributed by atoms with Gasteiger partial charge in [0.1, 0.15) is 5.69 Å². The summed E-state index contributed by atoms with van der Waals surface area (Å²) in [5.74, 6) is -0.386. The molecule has 0 radical (unpaired) electrons. The van der Waals surface area contributed by atoms with Gasteiger partial charge in [-0.1, -0.05) is 13.0 Å². The summed E-state index contributed by atoms with van der Waals surface area (Å²) in [7, 11) is 1.38.